The van der Waals surface area contributed by atoms with E-state index in [-0.39, 0.29) is 38.3 Å². The third-order valence-electron chi connectivity index (χ3n) is 0. The summed E-state index contributed by atoms with van der Waals surface area (Å²) in [6.07, 6.45) is 0. The van der Waals surface area contributed by atoms with Gasteiger partial charge in [-0.3, -0.25) is 0 Å². The van der Waals surface area contributed by atoms with E-state index in [9.17, 15) is 0 Å². The van der Waals surface area contributed by atoms with Crippen LogP contribution in [0.2, 0.25) is 0 Å². The van der Waals surface area contributed by atoms with Crippen molar-refractivity contribution in [2.75, 3.05) is 0 Å². The minimum atomic E-state index is 0. The molecule has 1 nitrogen and oxygen atoms in total. The van der Waals surface area contributed by atoms with Gasteiger partial charge in [0, 0.05) is 38.3 Å². The van der Waals surface area contributed by atoms with Crippen LogP contribution in [0.25, 0.3) is 0 Å². The normalized spacial score (nSPS) is 0.750. The molecule has 9 radical (unpaired) electrons. The van der Waals surface area contributed by atoms with E-state index in [1.807, 2.05) is 0 Å². The SMILES string of the molecule is [B]=O.[Pb].[Si]. The predicted octanol–water partition coefficient (Wildman–Crippen LogP) is -1.26. The van der Waals surface area contributed by atoms with Crippen LogP contribution in [0, 0.1) is 0 Å². The van der Waals surface area contributed by atoms with Gasteiger partial charge < -0.3 is 0 Å². The Morgan fingerprint density at radius 3 is 1.25 bits per heavy atom. The predicted molar refractivity (Wildman–Crippen MR) is 17.9 cm³/mol. The van der Waals surface area contributed by atoms with Crippen LogP contribution in [0.1, 0.15) is 0 Å². The molecule has 4 heavy (non-hydrogen) atoms. The van der Waals surface area contributed by atoms with Gasteiger partial charge in [-0.05, 0) is 0 Å². The van der Waals surface area contributed by atoms with Crippen molar-refractivity contribution in [2.45, 2.75) is 0 Å². The second kappa shape index (κ2) is 35.8. The molecule has 0 aliphatic rings. The second-order valence-corrected chi connectivity index (χ2v) is 0. The van der Waals surface area contributed by atoms with Gasteiger partial charge in [-0.15, -0.1) is 0 Å². The van der Waals surface area contributed by atoms with Crippen molar-refractivity contribution in [3.63, 3.8) is 0 Å². The van der Waals surface area contributed by atoms with Crippen LogP contribution in [0.5, 0.6) is 0 Å². The third kappa shape index (κ3) is 12.0. The van der Waals surface area contributed by atoms with E-state index >= 15 is 0 Å². The Kier molecular flexibility index (Phi) is 179. The monoisotopic (exact) mass is 263 g/mol. The van der Waals surface area contributed by atoms with E-state index < -0.39 is 0 Å². The summed E-state index contributed by atoms with van der Waals surface area (Å²) in [6.45, 7) is 0. The Hall–Kier alpha value is 1.00. The quantitative estimate of drug-likeness (QED) is 0.498. The van der Waals surface area contributed by atoms with Crippen molar-refractivity contribution in [3.8, 4) is 0 Å². The summed E-state index contributed by atoms with van der Waals surface area (Å²) in [4.78, 5) is 0. The fraction of sp³-hybridized carbons (Fsp3) is 0. The van der Waals surface area contributed by atoms with Gasteiger partial charge in [-0.1, -0.05) is 0 Å². The van der Waals surface area contributed by atoms with E-state index in [2.05, 4.69) is 7.72 Å². The first-order valence-corrected chi connectivity index (χ1v) is 0.236. The fourth-order valence-corrected chi connectivity index (χ4v) is 0. The molecule has 0 aromatic rings. The molecule has 0 spiro atoms. The first-order chi connectivity index (χ1) is 1.00. The number of hydrogen-bond donors (Lipinski definition) is 0. The number of rotatable bonds is 0. The molecule has 0 aromatic heterocycles. The van der Waals surface area contributed by atoms with Crippen molar-refractivity contribution in [1.29, 1.82) is 0 Å². The molecule has 0 bridgehead atoms. The van der Waals surface area contributed by atoms with Gasteiger partial charge in [-0.2, -0.15) is 0 Å². The molecule has 0 saturated heterocycles. The summed E-state index contributed by atoms with van der Waals surface area (Å²) < 4.78 is 7.75. The molecule has 4 heteroatoms. The fourth-order valence-electron chi connectivity index (χ4n) is 0. The molecule has 0 unspecified atom stereocenters. The van der Waals surface area contributed by atoms with Crippen LogP contribution in [0.15, 0.2) is 0 Å². The zero-order valence-electron chi connectivity index (χ0n) is 1.99. The number of hydrogen-bond acceptors (Lipinski definition) is 1. The van der Waals surface area contributed by atoms with Gasteiger partial charge in [0.05, 0.1) is 0 Å². The average molecular weight is 262 g/mol. The molecular weight excluding hydrogens is 262 g/mol. The van der Waals surface area contributed by atoms with Crippen LogP contribution in [0.3, 0.4) is 0 Å². The van der Waals surface area contributed by atoms with E-state index in [4.69, 9.17) is 4.70 Å². The van der Waals surface area contributed by atoms with Crippen molar-refractivity contribution in [2.24, 2.45) is 0 Å². The van der Waals surface area contributed by atoms with Gasteiger partial charge in [0.25, 0.3) is 0 Å². The van der Waals surface area contributed by atoms with Crippen LogP contribution >= 0.6 is 0 Å². The molecule has 17 valence electrons. The van der Waals surface area contributed by atoms with Gasteiger partial charge >= 0.3 is 12.4 Å². The van der Waals surface area contributed by atoms with Crippen molar-refractivity contribution < 1.29 is 4.70 Å². The van der Waals surface area contributed by atoms with Crippen molar-refractivity contribution in [3.05, 3.63) is 0 Å². The summed E-state index contributed by atoms with van der Waals surface area (Å²) >= 11 is 0. The van der Waals surface area contributed by atoms with E-state index in [1.54, 1.807) is 0 Å². The molecule has 0 rings (SSSR count). The van der Waals surface area contributed by atoms with Gasteiger partial charge in [0.15, 0.2) is 0 Å². The molecule has 0 saturated carbocycles. The Balaban J connectivity index is -0.00000000500. The maximum absolute atomic E-state index is 7.75. The first-order valence-electron chi connectivity index (χ1n) is 0.236. The molecule has 0 aliphatic heterocycles. The molecule has 0 N–H and O–H groups in total. The van der Waals surface area contributed by atoms with Crippen LogP contribution < -0.4 is 0 Å². The molecule has 0 amide bonds. The summed E-state index contributed by atoms with van der Waals surface area (Å²) in [5.74, 6) is 0. The minimum absolute atomic E-state index is 0. The van der Waals surface area contributed by atoms with Crippen molar-refractivity contribution in [1.82, 2.24) is 0 Å². The van der Waals surface area contributed by atoms with Crippen LogP contribution in [-0.4, -0.2) is 46.0 Å². The van der Waals surface area contributed by atoms with Gasteiger partial charge in [-0.25, -0.2) is 0 Å². The Morgan fingerprint density at radius 2 is 1.25 bits per heavy atom. The summed E-state index contributed by atoms with van der Waals surface area (Å²) in [7, 11) is 3.25. The Morgan fingerprint density at radius 1 is 1.25 bits per heavy atom. The Bertz CT molecular complexity index is 8.00. The molecule has 0 aliphatic carbocycles. The largest absolute Gasteiger partial charge is 0 e. The topological polar surface area (TPSA) is 17.1 Å². The van der Waals surface area contributed by atoms with Gasteiger partial charge in [0.2, 0.25) is 0 Å². The second-order valence-electron chi connectivity index (χ2n) is 0. The Labute approximate surface area is 50.8 Å². The molecular formula is BOPbSi. The van der Waals surface area contributed by atoms with Crippen molar-refractivity contribution >= 4 is 46.0 Å². The molecule has 0 aromatic carbocycles. The maximum Gasteiger partial charge on any atom is 0 e. The van der Waals surface area contributed by atoms with E-state index in [0.29, 0.717) is 0 Å². The molecule has 0 atom stereocenters. The minimum Gasteiger partial charge on any atom is 0 e. The van der Waals surface area contributed by atoms with Crippen LogP contribution in [0.4, 0.5) is 0 Å². The zero-order valence-corrected chi connectivity index (χ0v) is 6.87. The zero-order chi connectivity index (χ0) is 2.00. The van der Waals surface area contributed by atoms with E-state index in [1.165, 1.54) is 0 Å². The van der Waals surface area contributed by atoms with Crippen LogP contribution in [-0.2, 0) is 4.70 Å². The summed E-state index contributed by atoms with van der Waals surface area (Å²) in [5.41, 5.74) is 0. The molecule has 0 heterocycles. The third-order valence-corrected chi connectivity index (χ3v) is 0. The summed E-state index contributed by atoms with van der Waals surface area (Å²) in [6, 6.07) is 0. The smallest absolute Gasteiger partial charge is 0 e. The van der Waals surface area contributed by atoms with E-state index in [0.717, 1.165) is 0 Å². The van der Waals surface area contributed by atoms with Gasteiger partial charge in [0.1, 0.15) is 0 Å². The first kappa shape index (κ1) is 20.0. The maximum atomic E-state index is 7.75. The summed E-state index contributed by atoms with van der Waals surface area (Å²) in [5, 5.41) is 0. The molecule has 0 fully saturated rings. The standard InChI is InChI=1S/BO.Pb.Si/c1-2;;. The average Bonchev–Trinajstić information content (AvgIpc) is 1.00.